The standard InChI is InChI=1S/C16H16BrN3O2/c1-11-6-7-14(21-11)9-20(2)10-15-18-16(19-22-15)12-4-3-5-13(17)8-12/h3-8H,9-10H2,1-2H3. The van der Waals surface area contributed by atoms with Crippen LogP contribution in [0.25, 0.3) is 11.4 Å². The summed E-state index contributed by atoms with van der Waals surface area (Å²) < 4.78 is 11.9. The van der Waals surface area contributed by atoms with E-state index < -0.39 is 0 Å². The summed E-state index contributed by atoms with van der Waals surface area (Å²) in [5, 5.41) is 4.03. The Morgan fingerprint density at radius 1 is 1.18 bits per heavy atom. The van der Waals surface area contributed by atoms with Gasteiger partial charge in [0.05, 0.1) is 13.1 Å². The molecule has 0 saturated carbocycles. The lowest BCUT2D eigenvalue weighted by atomic mass is 10.2. The van der Waals surface area contributed by atoms with E-state index in [1.54, 1.807) is 0 Å². The molecule has 1 aromatic carbocycles. The van der Waals surface area contributed by atoms with E-state index in [1.807, 2.05) is 50.4 Å². The summed E-state index contributed by atoms with van der Waals surface area (Å²) in [7, 11) is 1.99. The minimum absolute atomic E-state index is 0.570. The van der Waals surface area contributed by atoms with Crippen LogP contribution in [-0.4, -0.2) is 22.1 Å². The van der Waals surface area contributed by atoms with E-state index in [2.05, 4.69) is 31.0 Å². The number of hydrogen-bond acceptors (Lipinski definition) is 5. The van der Waals surface area contributed by atoms with Crippen LogP contribution in [0.1, 0.15) is 17.4 Å². The van der Waals surface area contributed by atoms with Gasteiger partial charge in [0.25, 0.3) is 0 Å². The van der Waals surface area contributed by atoms with Gasteiger partial charge in [0.1, 0.15) is 11.5 Å². The molecule has 0 radical (unpaired) electrons. The predicted octanol–water partition coefficient (Wildman–Crippen LogP) is 4.03. The van der Waals surface area contributed by atoms with E-state index in [4.69, 9.17) is 8.94 Å². The zero-order chi connectivity index (χ0) is 15.5. The van der Waals surface area contributed by atoms with Crippen LogP contribution in [0, 0.1) is 6.92 Å². The monoisotopic (exact) mass is 361 g/mol. The Balaban J connectivity index is 1.66. The van der Waals surface area contributed by atoms with E-state index in [9.17, 15) is 0 Å². The maximum Gasteiger partial charge on any atom is 0.241 e. The first-order valence-electron chi connectivity index (χ1n) is 6.92. The lowest BCUT2D eigenvalue weighted by Crippen LogP contribution is -2.17. The van der Waals surface area contributed by atoms with Crippen molar-refractivity contribution in [1.82, 2.24) is 15.0 Å². The second kappa shape index (κ2) is 6.46. The van der Waals surface area contributed by atoms with Crippen molar-refractivity contribution in [1.29, 1.82) is 0 Å². The van der Waals surface area contributed by atoms with Crippen LogP contribution in [-0.2, 0) is 13.1 Å². The van der Waals surface area contributed by atoms with E-state index in [0.717, 1.165) is 21.6 Å². The third kappa shape index (κ3) is 3.64. The molecule has 0 saturated heterocycles. The molecule has 22 heavy (non-hydrogen) atoms. The van der Waals surface area contributed by atoms with Crippen molar-refractivity contribution >= 4 is 15.9 Å². The number of hydrogen-bond donors (Lipinski definition) is 0. The first-order chi connectivity index (χ1) is 10.6. The number of aryl methyl sites for hydroxylation is 1. The molecule has 0 spiro atoms. The zero-order valence-electron chi connectivity index (χ0n) is 12.4. The Hall–Kier alpha value is -1.92. The largest absolute Gasteiger partial charge is 0.465 e. The molecule has 114 valence electrons. The van der Waals surface area contributed by atoms with Gasteiger partial charge in [-0.05, 0) is 38.2 Å². The minimum atomic E-state index is 0.570. The summed E-state index contributed by atoms with van der Waals surface area (Å²) in [5.74, 6) is 3.02. The maximum atomic E-state index is 5.57. The van der Waals surface area contributed by atoms with Gasteiger partial charge in [-0.25, -0.2) is 0 Å². The quantitative estimate of drug-likeness (QED) is 0.686. The van der Waals surface area contributed by atoms with E-state index >= 15 is 0 Å². The summed E-state index contributed by atoms with van der Waals surface area (Å²) in [6.45, 7) is 3.20. The lowest BCUT2D eigenvalue weighted by molar-refractivity contribution is 0.243. The fourth-order valence-electron chi connectivity index (χ4n) is 2.19. The SMILES string of the molecule is Cc1ccc(CN(C)Cc2nc(-c3cccc(Br)c3)no2)o1. The minimum Gasteiger partial charge on any atom is -0.465 e. The number of halogens is 1. The van der Waals surface area contributed by atoms with Crippen molar-refractivity contribution in [2.24, 2.45) is 0 Å². The van der Waals surface area contributed by atoms with Gasteiger partial charge in [0.2, 0.25) is 11.7 Å². The summed E-state index contributed by atoms with van der Waals surface area (Å²) in [5.41, 5.74) is 0.925. The molecule has 3 rings (SSSR count). The van der Waals surface area contributed by atoms with Crippen molar-refractivity contribution in [2.75, 3.05) is 7.05 Å². The number of nitrogens with zero attached hydrogens (tertiary/aromatic N) is 3. The molecular formula is C16H16BrN3O2. The fourth-order valence-corrected chi connectivity index (χ4v) is 2.59. The molecule has 0 amide bonds. The first-order valence-corrected chi connectivity index (χ1v) is 7.72. The van der Waals surface area contributed by atoms with Crippen molar-refractivity contribution in [2.45, 2.75) is 20.0 Å². The van der Waals surface area contributed by atoms with Crippen molar-refractivity contribution in [3.63, 3.8) is 0 Å². The molecule has 3 aromatic rings. The van der Waals surface area contributed by atoms with Crippen LogP contribution in [0.5, 0.6) is 0 Å². The molecule has 0 fully saturated rings. The molecular weight excluding hydrogens is 346 g/mol. The Morgan fingerprint density at radius 2 is 2.05 bits per heavy atom. The molecule has 5 nitrogen and oxygen atoms in total. The van der Waals surface area contributed by atoms with Crippen molar-refractivity contribution < 1.29 is 8.94 Å². The highest BCUT2D eigenvalue weighted by Crippen LogP contribution is 2.20. The Bertz CT molecular complexity index is 766. The number of furan rings is 1. The topological polar surface area (TPSA) is 55.3 Å². The molecule has 6 heteroatoms. The first kappa shape index (κ1) is 15.0. The van der Waals surface area contributed by atoms with Crippen LogP contribution >= 0.6 is 15.9 Å². The Morgan fingerprint density at radius 3 is 2.77 bits per heavy atom. The van der Waals surface area contributed by atoms with Crippen LogP contribution in [0.2, 0.25) is 0 Å². The molecule has 0 aliphatic heterocycles. The fraction of sp³-hybridized carbons (Fsp3) is 0.250. The van der Waals surface area contributed by atoms with Gasteiger partial charge in [-0.2, -0.15) is 4.98 Å². The van der Waals surface area contributed by atoms with E-state index in [0.29, 0.717) is 24.8 Å². The van der Waals surface area contributed by atoms with Gasteiger partial charge in [0.15, 0.2) is 0 Å². The van der Waals surface area contributed by atoms with E-state index in [1.165, 1.54) is 0 Å². The van der Waals surface area contributed by atoms with Crippen LogP contribution in [0.15, 0.2) is 49.8 Å². The predicted molar refractivity (Wildman–Crippen MR) is 86.1 cm³/mol. The molecule has 0 N–H and O–H groups in total. The van der Waals surface area contributed by atoms with Gasteiger partial charge < -0.3 is 8.94 Å². The molecule has 0 aliphatic rings. The normalized spacial score (nSPS) is 11.3. The summed E-state index contributed by atoms with van der Waals surface area (Å²) in [4.78, 5) is 6.50. The number of aromatic nitrogens is 2. The second-order valence-electron chi connectivity index (χ2n) is 5.21. The van der Waals surface area contributed by atoms with Gasteiger partial charge in [-0.3, -0.25) is 4.90 Å². The highest BCUT2D eigenvalue weighted by atomic mass is 79.9. The third-order valence-corrected chi connectivity index (χ3v) is 3.67. The molecule has 2 heterocycles. The average Bonchev–Trinajstić information content (AvgIpc) is 3.08. The Labute approximate surface area is 137 Å². The van der Waals surface area contributed by atoms with Crippen molar-refractivity contribution in [3.05, 3.63) is 58.3 Å². The van der Waals surface area contributed by atoms with Gasteiger partial charge in [-0.1, -0.05) is 33.2 Å². The molecule has 0 bridgehead atoms. The lowest BCUT2D eigenvalue weighted by Gasteiger charge is -2.11. The zero-order valence-corrected chi connectivity index (χ0v) is 14.0. The highest BCUT2D eigenvalue weighted by molar-refractivity contribution is 9.10. The second-order valence-corrected chi connectivity index (χ2v) is 6.12. The third-order valence-electron chi connectivity index (χ3n) is 3.18. The molecule has 0 atom stereocenters. The van der Waals surface area contributed by atoms with Gasteiger partial charge in [-0.15, -0.1) is 0 Å². The summed E-state index contributed by atoms with van der Waals surface area (Å²) in [6, 6.07) is 11.8. The molecule has 0 aliphatic carbocycles. The summed E-state index contributed by atoms with van der Waals surface area (Å²) >= 11 is 3.44. The molecule has 0 unspecified atom stereocenters. The average molecular weight is 362 g/mol. The van der Waals surface area contributed by atoms with Crippen LogP contribution in [0.3, 0.4) is 0 Å². The van der Waals surface area contributed by atoms with E-state index in [-0.39, 0.29) is 0 Å². The van der Waals surface area contributed by atoms with Gasteiger partial charge >= 0.3 is 0 Å². The molecule has 2 aromatic heterocycles. The van der Waals surface area contributed by atoms with Crippen molar-refractivity contribution in [3.8, 4) is 11.4 Å². The van der Waals surface area contributed by atoms with Crippen LogP contribution < -0.4 is 0 Å². The smallest absolute Gasteiger partial charge is 0.241 e. The maximum absolute atomic E-state index is 5.57. The van der Waals surface area contributed by atoms with Gasteiger partial charge in [0, 0.05) is 10.0 Å². The van der Waals surface area contributed by atoms with Crippen LogP contribution in [0.4, 0.5) is 0 Å². The number of benzene rings is 1. The highest BCUT2D eigenvalue weighted by Gasteiger charge is 2.12. The number of rotatable bonds is 5. The Kier molecular flexibility index (Phi) is 4.40. The summed E-state index contributed by atoms with van der Waals surface area (Å²) in [6.07, 6.45) is 0.